The second-order valence-electron chi connectivity index (χ2n) is 4.93. The van der Waals surface area contributed by atoms with Crippen LogP contribution in [0.5, 0.6) is 0 Å². The molecule has 4 nitrogen and oxygen atoms in total. The van der Waals surface area contributed by atoms with Crippen LogP contribution in [0.2, 0.25) is 5.02 Å². The largest absolute Gasteiger partial charge is 0.375 e. The van der Waals surface area contributed by atoms with Crippen molar-refractivity contribution in [1.29, 1.82) is 0 Å². The maximum Gasteiger partial charge on any atom is 0.240 e. The molecule has 0 spiro atoms. The molecule has 1 heterocycles. The lowest BCUT2D eigenvalue weighted by atomic mass is 10.2. The summed E-state index contributed by atoms with van der Waals surface area (Å²) in [5, 5.41) is 0.392. The van der Waals surface area contributed by atoms with Gasteiger partial charge in [-0.1, -0.05) is 17.7 Å². The molecule has 0 bridgehead atoms. The number of benzene rings is 1. The molecule has 0 saturated heterocycles. The SMILES string of the molecule is COC(CNS(=O)(=O)c1cc(Cl)ccc1C)c1ccc(C)s1. The first-order valence-electron chi connectivity index (χ1n) is 6.68. The minimum absolute atomic E-state index is 0.171. The molecule has 2 rings (SSSR count). The van der Waals surface area contributed by atoms with E-state index >= 15 is 0 Å². The molecule has 0 fully saturated rings. The minimum atomic E-state index is -3.63. The van der Waals surface area contributed by atoms with Gasteiger partial charge in [-0.3, -0.25) is 0 Å². The molecule has 7 heteroatoms. The Morgan fingerprint density at radius 2 is 2.00 bits per heavy atom. The Kier molecular flexibility index (Phi) is 5.63. The highest BCUT2D eigenvalue weighted by molar-refractivity contribution is 7.89. The lowest BCUT2D eigenvalue weighted by Gasteiger charge is -2.15. The number of ether oxygens (including phenoxy) is 1. The highest BCUT2D eigenvalue weighted by atomic mass is 35.5. The summed E-state index contributed by atoms with van der Waals surface area (Å²) in [4.78, 5) is 2.34. The number of halogens is 1. The molecule has 22 heavy (non-hydrogen) atoms. The van der Waals surface area contributed by atoms with E-state index in [0.717, 1.165) is 9.75 Å². The topological polar surface area (TPSA) is 55.4 Å². The van der Waals surface area contributed by atoms with E-state index in [1.807, 2.05) is 19.1 Å². The maximum absolute atomic E-state index is 12.4. The summed E-state index contributed by atoms with van der Waals surface area (Å²) in [5.41, 5.74) is 0.651. The number of rotatable bonds is 6. The Morgan fingerprint density at radius 3 is 2.59 bits per heavy atom. The molecule has 2 aromatic rings. The van der Waals surface area contributed by atoms with Gasteiger partial charge in [0.05, 0.1) is 4.90 Å². The van der Waals surface area contributed by atoms with Crippen LogP contribution in [0.25, 0.3) is 0 Å². The summed E-state index contributed by atoms with van der Waals surface area (Å²) in [6, 6.07) is 8.75. The highest BCUT2D eigenvalue weighted by Gasteiger charge is 2.20. The first kappa shape index (κ1) is 17.4. The number of hydrogen-bond donors (Lipinski definition) is 1. The van der Waals surface area contributed by atoms with Gasteiger partial charge >= 0.3 is 0 Å². The van der Waals surface area contributed by atoms with Crippen molar-refractivity contribution >= 4 is 33.0 Å². The van der Waals surface area contributed by atoms with E-state index in [9.17, 15) is 8.42 Å². The smallest absolute Gasteiger partial charge is 0.240 e. The Labute approximate surface area is 140 Å². The predicted octanol–water partition coefficient (Wildman–Crippen LogP) is 3.68. The van der Waals surface area contributed by atoms with E-state index in [-0.39, 0.29) is 17.5 Å². The van der Waals surface area contributed by atoms with Gasteiger partial charge in [-0.05, 0) is 43.7 Å². The molecule has 0 amide bonds. The van der Waals surface area contributed by atoms with Gasteiger partial charge in [-0.15, -0.1) is 11.3 Å². The van der Waals surface area contributed by atoms with E-state index in [1.54, 1.807) is 37.5 Å². The zero-order valence-corrected chi connectivity index (χ0v) is 15.0. The molecule has 1 atom stereocenters. The molecule has 1 aromatic heterocycles. The normalized spacial score (nSPS) is 13.3. The molecule has 0 radical (unpaired) electrons. The standard InChI is InChI=1S/C15H18ClNO3S2/c1-10-4-6-12(16)8-15(10)22(18,19)17-9-13(20-3)14-7-5-11(2)21-14/h4-8,13,17H,9H2,1-3H3. The number of methoxy groups -OCH3 is 1. The third-order valence-electron chi connectivity index (χ3n) is 3.26. The number of nitrogens with one attached hydrogen (secondary N) is 1. The third kappa shape index (κ3) is 4.08. The van der Waals surface area contributed by atoms with Crippen molar-refractivity contribution in [2.24, 2.45) is 0 Å². The second-order valence-corrected chi connectivity index (χ2v) is 8.43. The van der Waals surface area contributed by atoms with Gasteiger partial charge in [0, 0.05) is 28.4 Å². The predicted molar refractivity (Wildman–Crippen MR) is 90.2 cm³/mol. The highest BCUT2D eigenvalue weighted by Crippen LogP contribution is 2.25. The lowest BCUT2D eigenvalue weighted by molar-refractivity contribution is 0.110. The van der Waals surface area contributed by atoms with Gasteiger partial charge in [-0.2, -0.15) is 0 Å². The Hall–Kier alpha value is -0.920. The molecular formula is C15H18ClNO3S2. The van der Waals surface area contributed by atoms with Crippen molar-refractivity contribution in [1.82, 2.24) is 4.72 Å². The van der Waals surface area contributed by atoms with Crippen LogP contribution in [0, 0.1) is 13.8 Å². The molecule has 0 aliphatic carbocycles. The van der Waals surface area contributed by atoms with E-state index in [1.165, 1.54) is 6.07 Å². The molecule has 0 saturated carbocycles. The fourth-order valence-electron chi connectivity index (χ4n) is 2.05. The van der Waals surface area contributed by atoms with Gasteiger partial charge in [0.25, 0.3) is 0 Å². The quantitative estimate of drug-likeness (QED) is 0.855. The first-order valence-corrected chi connectivity index (χ1v) is 9.36. The van der Waals surface area contributed by atoms with Crippen LogP contribution >= 0.6 is 22.9 Å². The third-order valence-corrected chi connectivity index (χ3v) is 6.15. The van der Waals surface area contributed by atoms with E-state index in [4.69, 9.17) is 16.3 Å². The van der Waals surface area contributed by atoms with Gasteiger partial charge in [0.15, 0.2) is 0 Å². The molecule has 1 N–H and O–H groups in total. The fourth-order valence-corrected chi connectivity index (χ4v) is 4.55. The summed E-state index contributed by atoms with van der Waals surface area (Å²) < 4.78 is 32.9. The Bertz CT molecular complexity index is 756. The second kappa shape index (κ2) is 7.10. The molecule has 1 aromatic carbocycles. The van der Waals surface area contributed by atoms with Crippen molar-refractivity contribution in [3.63, 3.8) is 0 Å². The van der Waals surface area contributed by atoms with Crippen LogP contribution < -0.4 is 4.72 Å². The van der Waals surface area contributed by atoms with Crippen molar-refractivity contribution in [2.45, 2.75) is 24.8 Å². The van der Waals surface area contributed by atoms with Gasteiger partial charge < -0.3 is 4.74 Å². The average Bonchev–Trinajstić information content (AvgIpc) is 2.88. The number of thiophene rings is 1. The lowest BCUT2D eigenvalue weighted by Crippen LogP contribution is -2.29. The maximum atomic E-state index is 12.4. The van der Waals surface area contributed by atoms with Crippen LogP contribution in [0.15, 0.2) is 35.2 Å². The van der Waals surface area contributed by atoms with Crippen LogP contribution in [0.3, 0.4) is 0 Å². The monoisotopic (exact) mass is 359 g/mol. The zero-order valence-electron chi connectivity index (χ0n) is 12.6. The fraction of sp³-hybridized carbons (Fsp3) is 0.333. The molecule has 120 valence electrons. The van der Waals surface area contributed by atoms with Crippen molar-refractivity contribution < 1.29 is 13.2 Å². The van der Waals surface area contributed by atoms with Gasteiger partial charge in [0.1, 0.15) is 6.10 Å². The summed E-state index contributed by atoms with van der Waals surface area (Å²) >= 11 is 7.49. The van der Waals surface area contributed by atoms with Crippen LogP contribution in [-0.2, 0) is 14.8 Å². The zero-order chi connectivity index (χ0) is 16.3. The van der Waals surface area contributed by atoms with Crippen LogP contribution in [0.1, 0.15) is 21.4 Å². The van der Waals surface area contributed by atoms with E-state index < -0.39 is 10.0 Å². The number of hydrogen-bond acceptors (Lipinski definition) is 4. The summed E-state index contributed by atoms with van der Waals surface area (Å²) in [5.74, 6) is 0. The number of sulfonamides is 1. The molecular weight excluding hydrogens is 342 g/mol. The Morgan fingerprint density at radius 1 is 1.27 bits per heavy atom. The molecule has 0 aliphatic heterocycles. The first-order chi connectivity index (χ1) is 10.3. The summed E-state index contributed by atoms with van der Waals surface area (Å²) in [6.07, 6.45) is -0.312. The summed E-state index contributed by atoms with van der Waals surface area (Å²) in [6.45, 7) is 3.91. The van der Waals surface area contributed by atoms with Crippen molar-refractivity contribution in [3.8, 4) is 0 Å². The number of aryl methyl sites for hydroxylation is 2. The molecule has 1 unspecified atom stereocenters. The van der Waals surface area contributed by atoms with Crippen molar-refractivity contribution in [3.05, 3.63) is 50.7 Å². The van der Waals surface area contributed by atoms with Crippen LogP contribution in [-0.4, -0.2) is 22.1 Å². The van der Waals surface area contributed by atoms with Gasteiger partial charge in [0.2, 0.25) is 10.0 Å². The Balaban J connectivity index is 2.16. The van der Waals surface area contributed by atoms with E-state index in [2.05, 4.69) is 4.72 Å². The van der Waals surface area contributed by atoms with Crippen LogP contribution in [0.4, 0.5) is 0 Å². The van der Waals surface area contributed by atoms with Gasteiger partial charge in [-0.25, -0.2) is 13.1 Å². The summed E-state index contributed by atoms with van der Waals surface area (Å²) in [7, 11) is -2.06. The van der Waals surface area contributed by atoms with Crippen molar-refractivity contribution in [2.75, 3.05) is 13.7 Å². The minimum Gasteiger partial charge on any atom is -0.375 e. The molecule has 0 aliphatic rings. The van der Waals surface area contributed by atoms with E-state index in [0.29, 0.717) is 10.6 Å². The average molecular weight is 360 g/mol.